The van der Waals surface area contributed by atoms with Gasteiger partial charge in [0.1, 0.15) is 5.82 Å². The molecule has 0 spiro atoms. The predicted octanol–water partition coefficient (Wildman–Crippen LogP) is 3.13. The molecule has 16 heavy (non-hydrogen) atoms. The maximum absolute atomic E-state index is 4.49. The van der Waals surface area contributed by atoms with Gasteiger partial charge in [-0.2, -0.15) is 0 Å². The molecule has 1 saturated heterocycles. The molecule has 0 aromatic carbocycles. The highest BCUT2D eigenvalue weighted by molar-refractivity contribution is 5.42. The van der Waals surface area contributed by atoms with Gasteiger partial charge in [-0.25, -0.2) is 4.98 Å². The summed E-state index contributed by atoms with van der Waals surface area (Å²) >= 11 is 0. The van der Waals surface area contributed by atoms with E-state index < -0.39 is 0 Å². The molecule has 0 N–H and O–H groups in total. The molecule has 1 aromatic heterocycles. The van der Waals surface area contributed by atoms with Crippen LogP contribution in [-0.2, 0) is 6.42 Å². The normalized spacial score (nSPS) is 20.8. The van der Waals surface area contributed by atoms with Crippen LogP contribution in [0.3, 0.4) is 0 Å². The molecule has 1 unspecified atom stereocenters. The van der Waals surface area contributed by atoms with E-state index in [0.29, 0.717) is 0 Å². The Labute approximate surface area is 98.7 Å². The highest BCUT2D eigenvalue weighted by Crippen LogP contribution is 2.27. The Morgan fingerprint density at radius 1 is 1.50 bits per heavy atom. The zero-order chi connectivity index (χ0) is 11.5. The molecule has 1 fully saturated rings. The molecule has 0 amide bonds. The highest BCUT2D eigenvalue weighted by Gasteiger charge is 2.25. The minimum absolute atomic E-state index is 0.791. The van der Waals surface area contributed by atoms with Crippen molar-refractivity contribution in [1.82, 2.24) is 4.98 Å². The summed E-state index contributed by atoms with van der Waals surface area (Å²) in [5, 5.41) is 0. The zero-order valence-corrected chi connectivity index (χ0v) is 10.6. The zero-order valence-electron chi connectivity index (χ0n) is 10.6. The lowest BCUT2D eigenvalue weighted by Crippen LogP contribution is -2.22. The number of rotatable bonds is 3. The van der Waals surface area contributed by atoms with Crippen LogP contribution in [0.5, 0.6) is 0 Å². The molecule has 1 aliphatic heterocycles. The lowest BCUT2D eigenvalue weighted by molar-refractivity contribution is 0.422. The summed E-state index contributed by atoms with van der Waals surface area (Å²) in [6.45, 7) is 9.19. The first-order chi connectivity index (χ1) is 7.70. The number of pyridine rings is 1. The molecule has 0 bridgehead atoms. The Morgan fingerprint density at radius 3 is 2.94 bits per heavy atom. The van der Waals surface area contributed by atoms with Gasteiger partial charge in [-0.05, 0) is 42.4 Å². The average Bonchev–Trinajstić information content (AvgIpc) is 2.78. The third-order valence-corrected chi connectivity index (χ3v) is 3.71. The molecule has 1 aromatic rings. The van der Waals surface area contributed by atoms with Gasteiger partial charge in [-0.15, -0.1) is 0 Å². The minimum Gasteiger partial charge on any atom is -0.356 e. The highest BCUT2D eigenvalue weighted by atomic mass is 15.2. The Bertz CT molecular complexity index is 346. The second kappa shape index (κ2) is 4.86. The van der Waals surface area contributed by atoms with E-state index in [1.165, 1.54) is 30.9 Å². The molecule has 2 rings (SSSR count). The predicted molar refractivity (Wildman–Crippen MR) is 68.8 cm³/mol. The number of aryl methyl sites for hydroxylation is 1. The van der Waals surface area contributed by atoms with E-state index in [-0.39, 0.29) is 0 Å². The smallest absolute Gasteiger partial charge is 0.128 e. The van der Waals surface area contributed by atoms with E-state index in [0.717, 1.165) is 18.3 Å². The maximum atomic E-state index is 4.49. The van der Waals surface area contributed by atoms with Crippen molar-refractivity contribution in [3.8, 4) is 0 Å². The lowest BCUT2D eigenvalue weighted by atomic mass is 9.95. The van der Waals surface area contributed by atoms with E-state index in [1.54, 1.807) is 0 Å². The molecule has 0 radical (unpaired) electrons. The lowest BCUT2D eigenvalue weighted by Gasteiger charge is -2.19. The molecule has 2 nitrogen and oxygen atoms in total. The van der Waals surface area contributed by atoms with Gasteiger partial charge >= 0.3 is 0 Å². The molecule has 1 aliphatic rings. The van der Waals surface area contributed by atoms with Crippen molar-refractivity contribution in [3.05, 3.63) is 23.9 Å². The molecular weight excluding hydrogens is 196 g/mol. The van der Waals surface area contributed by atoms with Crippen LogP contribution in [0.1, 0.15) is 32.8 Å². The third-order valence-electron chi connectivity index (χ3n) is 3.71. The summed E-state index contributed by atoms with van der Waals surface area (Å²) in [5.41, 5.74) is 1.39. The van der Waals surface area contributed by atoms with Gasteiger partial charge in [0.25, 0.3) is 0 Å². The second-order valence-corrected chi connectivity index (χ2v) is 5.11. The molecule has 88 valence electrons. The summed E-state index contributed by atoms with van der Waals surface area (Å²) in [6.07, 6.45) is 4.35. The van der Waals surface area contributed by atoms with Crippen LogP contribution in [-0.4, -0.2) is 18.1 Å². The van der Waals surface area contributed by atoms with Gasteiger partial charge in [0.05, 0.1) is 0 Å². The van der Waals surface area contributed by atoms with E-state index in [9.17, 15) is 0 Å². The monoisotopic (exact) mass is 218 g/mol. The maximum Gasteiger partial charge on any atom is 0.128 e. The topological polar surface area (TPSA) is 16.1 Å². The summed E-state index contributed by atoms with van der Waals surface area (Å²) in [4.78, 5) is 6.92. The van der Waals surface area contributed by atoms with Gasteiger partial charge in [-0.3, -0.25) is 0 Å². The molecule has 0 aliphatic carbocycles. The molecular formula is C14H22N2. The van der Waals surface area contributed by atoms with Crippen LogP contribution in [0, 0.1) is 11.8 Å². The number of anilines is 1. The van der Waals surface area contributed by atoms with Crippen molar-refractivity contribution in [2.45, 2.75) is 33.6 Å². The number of aromatic nitrogens is 1. The van der Waals surface area contributed by atoms with E-state index in [1.807, 2.05) is 6.20 Å². The van der Waals surface area contributed by atoms with E-state index >= 15 is 0 Å². The molecule has 0 saturated carbocycles. The SMILES string of the molecule is CCc1ccnc(N2CCC(C(C)C)C2)c1. The summed E-state index contributed by atoms with van der Waals surface area (Å²) in [5.74, 6) is 2.80. The Morgan fingerprint density at radius 2 is 2.31 bits per heavy atom. The van der Waals surface area contributed by atoms with Crippen LogP contribution >= 0.6 is 0 Å². The first-order valence-electron chi connectivity index (χ1n) is 6.40. The Kier molecular flexibility index (Phi) is 3.47. The van der Waals surface area contributed by atoms with Crippen LogP contribution in [0.4, 0.5) is 5.82 Å². The van der Waals surface area contributed by atoms with Gasteiger partial charge in [0, 0.05) is 19.3 Å². The number of nitrogens with zero attached hydrogens (tertiary/aromatic N) is 2. The van der Waals surface area contributed by atoms with Crippen molar-refractivity contribution in [3.63, 3.8) is 0 Å². The van der Waals surface area contributed by atoms with Crippen LogP contribution in [0.25, 0.3) is 0 Å². The minimum atomic E-state index is 0.791. The fourth-order valence-corrected chi connectivity index (χ4v) is 2.39. The van der Waals surface area contributed by atoms with E-state index in [2.05, 4.69) is 42.8 Å². The third kappa shape index (κ3) is 2.37. The number of hydrogen-bond acceptors (Lipinski definition) is 2. The molecule has 2 heterocycles. The second-order valence-electron chi connectivity index (χ2n) is 5.11. The van der Waals surface area contributed by atoms with Gasteiger partial charge in [-0.1, -0.05) is 20.8 Å². The molecule has 1 atom stereocenters. The Hall–Kier alpha value is -1.05. The fourth-order valence-electron chi connectivity index (χ4n) is 2.39. The first-order valence-corrected chi connectivity index (χ1v) is 6.40. The summed E-state index contributed by atoms with van der Waals surface area (Å²) in [6, 6.07) is 4.35. The first kappa shape index (κ1) is 11.4. The summed E-state index contributed by atoms with van der Waals surface area (Å²) < 4.78 is 0. The van der Waals surface area contributed by atoms with Gasteiger partial charge in [0.15, 0.2) is 0 Å². The van der Waals surface area contributed by atoms with Crippen LogP contribution < -0.4 is 4.90 Å². The van der Waals surface area contributed by atoms with Gasteiger partial charge in [0.2, 0.25) is 0 Å². The van der Waals surface area contributed by atoms with Crippen molar-refractivity contribution < 1.29 is 0 Å². The number of hydrogen-bond donors (Lipinski definition) is 0. The molecule has 2 heteroatoms. The average molecular weight is 218 g/mol. The van der Waals surface area contributed by atoms with E-state index in [4.69, 9.17) is 0 Å². The Balaban J connectivity index is 2.08. The largest absolute Gasteiger partial charge is 0.356 e. The van der Waals surface area contributed by atoms with Crippen molar-refractivity contribution in [2.75, 3.05) is 18.0 Å². The summed E-state index contributed by atoms with van der Waals surface area (Å²) in [7, 11) is 0. The fraction of sp³-hybridized carbons (Fsp3) is 0.643. The van der Waals surface area contributed by atoms with Crippen molar-refractivity contribution in [1.29, 1.82) is 0 Å². The van der Waals surface area contributed by atoms with Crippen molar-refractivity contribution in [2.24, 2.45) is 11.8 Å². The van der Waals surface area contributed by atoms with Crippen LogP contribution in [0.15, 0.2) is 18.3 Å². The standard InChI is InChI=1S/C14H22N2/c1-4-12-5-7-15-14(9-12)16-8-6-13(10-16)11(2)3/h5,7,9,11,13H,4,6,8,10H2,1-3H3. The van der Waals surface area contributed by atoms with Crippen LogP contribution in [0.2, 0.25) is 0 Å². The quantitative estimate of drug-likeness (QED) is 0.775. The van der Waals surface area contributed by atoms with Crippen molar-refractivity contribution >= 4 is 5.82 Å². The van der Waals surface area contributed by atoms with Gasteiger partial charge < -0.3 is 4.90 Å².